The quantitative estimate of drug-likeness (QED) is 0.104. The molecule has 252 valence electrons. The van der Waals surface area contributed by atoms with Crippen molar-refractivity contribution in [2.75, 3.05) is 79.7 Å². The molecule has 0 saturated carbocycles. The van der Waals surface area contributed by atoms with Gasteiger partial charge in [0.15, 0.2) is 15.3 Å². The minimum atomic E-state index is -3.39. The summed E-state index contributed by atoms with van der Waals surface area (Å²) in [5, 5.41) is 0.162. The van der Waals surface area contributed by atoms with Gasteiger partial charge in [0.25, 0.3) is 0 Å². The third kappa shape index (κ3) is 26.8. The summed E-state index contributed by atoms with van der Waals surface area (Å²) in [5.41, 5.74) is 0. The summed E-state index contributed by atoms with van der Waals surface area (Å²) in [6.45, 7) is 7.36. The second-order valence-corrected chi connectivity index (χ2v) is 16.3. The molecule has 0 radical (unpaired) electrons. The Labute approximate surface area is 262 Å². The Kier molecular flexibility index (Phi) is 30.8. The third-order valence-electron chi connectivity index (χ3n) is 3.91. The molecule has 0 aliphatic carbocycles. The van der Waals surface area contributed by atoms with E-state index in [0.717, 1.165) is 35.3 Å². The van der Waals surface area contributed by atoms with Crippen LogP contribution in [0.4, 0.5) is 0 Å². The molecule has 0 aliphatic heterocycles. The zero-order valence-corrected chi connectivity index (χ0v) is 30.8. The van der Waals surface area contributed by atoms with Gasteiger partial charge in [-0.05, 0) is 0 Å². The highest BCUT2D eigenvalue weighted by atomic mass is 32.2. The van der Waals surface area contributed by atoms with Crippen LogP contribution in [0, 0.1) is 5.92 Å². The van der Waals surface area contributed by atoms with E-state index in [1.807, 2.05) is 13.8 Å². The average molecular weight is 727 g/mol. The van der Waals surface area contributed by atoms with Crippen LogP contribution in [0.25, 0.3) is 0 Å². The first kappa shape index (κ1) is 46.8. The van der Waals surface area contributed by atoms with Gasteiger partial charge >= 0.3 is 23.5 Å². The number of carbonyl (C=O) groups is 3. The van der Waals surface area contributed by atoms with Gasteiger partial charge in [0.05, 0.1) is 19.8 Å². The van der Waals surface area contributed by atoms with Crippen molar-refractivity contribution in [3.63, 3.8) is 0 Å². The summed E-state index contributed by atoms with van der Waals surface area (Å²) in [4.78, 5) is 32.5. The van der Waals surface area contributed by atoms with Gasteiger partial charge in [-0.15, -0.1) is 0 Å². The Morgan fingerprint density at radius 2 is 0.905 bits per heavy atom. The topological polar surface area (TPSA) is 185 Å². The maximum atomic E-state index is 11.4. The number of hydrogen-bond donors (Lipinski definition) is 0. The van der Waals surface area contributed by atoms with Crippen LogP contribution in [-0.2, 0) is 68.8 Å². The third-order valence-corrected chi connectivity index (χ3v) is 11.0. The molecule has 42 heavy (non-hydrogen) atoms. The second-order valence-electron chi connectivity index (χ2n) is 7.17. The number of rotatable bonds is 20. The predicted molar refractivity (Wildman–Crippen MR) is 166 cm³/mol. The van der Waals surface area contributed by atoms with Crippen LogP contribution in [0.1, 0.15) is 34.1 Å². The molecule has 0 fully saturated rings. The van der Waals surface area contributed by atoms with Gasteiger partial charge in [0.2, 0.25) is 0 Å². The van der Waals surface area contributed by atoms with Crippen molar-refractivity contribution in [2.45, 2.75) is 34.1 Å². The standard InChI is InChI=1S/C8H17O5PS.C7H15O5PS.C6H13O5PS/c1-7(2)8(9)15-6-5-13-14(10,11-3)12-4;1-4-7(8)14-6-5-12-13(9,10-2)11-3;1-6(7)13-5-4-11-12(8,9-2)10-3/h7H,5-6H2,1-4H3;4-6H2,1-3H3;4-5H2,1-3H3. The van der Waals surface area contributed by atoms with Crippen molar-refractivity contribution < 1.29 is 68.8 Å². The molecule has 0 aromatic heterocycles. The van der Waals surface area contributed by atoms with Gasteiger partial charge in [-0.25, -0.2) is 13.7 Å². The molecule has 0 amide bonds. The molecular formula is C21H45O15P3S3. The fraction of sp³-hybridized carbons (Fsp3) is 0.857. The molecule has 21 heteroatoms. The molecule has 0 aliphatic rings. The lowest BCUT2D eigenvalue weighted by Gasteiger charge is -2.12. The first-order chi connectivity index (χ1) is 19.6. The maximum Gasteiger partial charge on any atom is 0.474 e. The van der Waals surface area contributed by atoms with Crippen LogP contribution in [0.3, 0.4) is 0 Å². The monoisotopic (exact) mass is 726 g/mol. The van der Waals surface area contributed by atoms with E-state index in [0.29, 0.717) is 23.7 Å². The minimum absolute atomic E-state index is 0.00624. The van der Waals surface area contributed by atoms with Crippen molar-refractivity contribution in [3.8, 4) is 0 Å². The molecule has 0 atom stereocenters. The van der Waals surface area contributed by atoms with Crippen LogP contribution in [0.15, 0.2) is 0 Å². The first-order valence-corrected chi connectivity index (χ1v) is 19.4. The van der Waals surface area contributed by atoms with E-state index in [9.17, 15) is 28.1 Å². The van der Waals surface area contributed by atoms with Gasteiger partial charge < -0.3 is 0 Å². The molecule has 0 aromatic carbocycles. The average Bonchev–Trinajstić information content (AvgIpc) is 2.99. The molecular weight excluding hydrogens is 681 g/mol. The first-order valence-electron chi connectivity index (χ1n) is 12.1. The Morgan fingerprint density at radius 3 is 1.17 bits per heavy atom. The van der Waals surface area contributed by atoms with E-state index < -0.39 is 23.5 Å². The summed E-state index contributed by atoms with van der Waals surface area (Å²) < 4.78 is 75.7. The molecule has 0 unspecified atom stereocenters. The van der Waals surface area contributed by atoms with Crippen LogP contribution in [0.5, 0.6) is 0 Å². The van der Waals surface area contributed by atoms with Gasteiger partial charge in [-0.2, -0.15) is 0 Å². The zero-order valence-electron chi connectivity index (χ0n) is 25.7. The lowest BCUT2D eigenvalue weighted by molar-refractivity contribution is -0.113. The molecule has 0 bridgehead atoms. The Morgan fingerprint density at radius 1 is 0.595 bits per heavy atom. The lowest BCUT2D eigenvalue weighted by Crippen LogP contribution is -2.05. The molecule has 0 N–H and O–H groups in total. The summed E-state index contributed by atoms with van der Waals surface area (Å²) >= 11 is 3.39. The van der Waals surface area contributed by atoms with Crippen molar-refractivity contribution in [1.82, 2.24) is 0 Å². The maximum absolute atomic E-state index is 11.4. The second kappa shape index (κ2) is 27.7. The van der Waals surface area contributed by atoms with E-state index in [-0.39, 0.29) is 41.1 Å². The highest BCUT2D eigenvalue weighted by Crippen LogP contribution is 2.48. The van der Waals surface area contributed by atoms with Crippen molar-refractivity contribution in [1.29, 1.82) is 0 Å². The van der Waals surface area contributed by atoms with Gasteiger partial charge in [0, 0.05) is 79.2 Å². The Balaban J connectivity index is -0.000000545. The van der Waals surface area contributed by atoms with Gasteiger partial charge in [-0.3, -0.25) is 55.1 Å². The summed E-state index contributed by atoms with van der Waals surface area (Å²) in [6, 6.07) is 0. The largest absolute Gasteiger partial charge is 0.474 e. The predicted octanol–water partition coefficient (Wildman–Crippen LogP) is 6.08. The molecule has 15 nitrogen and oxygen atoms in total. The number of thioether (sulfide) groups is 3. The number of hydrogen-bond acceptors (Lipinski definition) is 18. The molecule has 0 aromatic rings. The Bertz CT molecular complexity index is 868. The van der Waals surface area contributed by atoms with E-state index in [4.69, 9.17) is 13.6 Å². The van der Waals surface area contributed by atoms with Crippen LogP contribution < -0.4 is 0 Å². The zero-order chi connectivity index (χ0) is 33.2. The van der Waals surface area contributed by atoms with E-state index in [1.54, 1.807) is 6.92 Å². The number of carbonyl (C=O) groups excluding carboxylic acids is 3. The number of phosphoric ester groups is 3. The highest BCUT2D eigenvalue weighted by Gasteiger charge is 2.23. The van der Waals surface area contributed by atoms with Crippen LogP contribution in [-0.4, -0.2) is 95.1 Å². The van der Waals surface area contributed by atoms with E-state index >= 15 is 0 Å². The molecule has 0 heterocycles. The smallest absolute Gasteiger partial charge is 0.290 e. The minimum Gasteiger partial charge on any atom is -0.290 e. The molecule has 0 rings (SSSR count). The number of phosphoric acid groups is 3. The van der Waals surface area contributed by atoms with Crippen molar-refractivity contribution in [3.05, 3.63) is 0 Å². The van der Waals surface area contributed by atoms with Crippen molar-refractivity contribution >= 4 is 74.1 Å². The van der Waals surface area contributed by atoms with E-state index in [1.165, 1.54) is 49.6 Å². The lowest BCUT2D eigenvalue weighted by atomic mass is 10.3. The van der Waals surface area contributed by atoms with Gasteiger partial charge in [0.1, 0.15) is 0 Å². The summed E-state index contributed by atoms with van der Waals surface area (Å²) in [6.07, 6.45) is 0.483. The van der Waals surface area contributed by atoms with Crippen molar-refractivity contribution in [2.24, 2.45) is 5.92 Å². The normalized spacial score (nSPS) is 11.8. The highest BCUT2D eigenvalue weighted by molar-refractivity contribution is 8.14. The summed E-state index contributed by atoms with van der Waals surface area (Å²) in [7, 11) is -2.67. The fourth-order valence-electron chi connectivity index (χ4n) is 1.74. The summed E-state index contributed by atoms with van der Waals surface area (Å²) in [5.74, 6) is 1.31. The SMILES string of the molecule is CCC(=O)SCCOP(=O)(OC)OC.COP(=O)(OC)OCCSC(=O)C(C)C.COP(=O)(OC)OCCSC(C)=O. The molecule has 0 spiro atoms. The fourth-order valence-corrected chi connectivity index (χ4v) is 5.89. The van der Waals surface area contributed by atoms with Gasteiger partial charge in [-0.1, -0.05) is 56.1 Å². The molecule has 0 saturated heterocycles. The van der Waals surface area contributed by atoms with Crippen LogP contribution >= 0.6 is 58.8 Å². The van der Waals surface area contributed by atoms with E-state index in [2.05, 4.69) is 27.1 Å². The Hall–Kier alpha value is 0.390. The van der Waals surface area contributed by atoms with Crippen LogP contribution in [0.2, 0.25) is 0 Å².